The number of rotatable bonds is 7. The highest BCUT2D eigenvalue weighted by Crippen LogP contribution is 2.22. The maximum atomic E-state index is 12.3. The van der Waals surface area contributed by atoms with Crippen LogP contribution in [0.5, 0.6) is 0 Å². The van der Waals surface area contributed by atoms with E-state index in [1.54, 1.807) is 26.3 Å². The molecule has 1 aromatic rings. The molecular formula is C14H18Br2N2O3. The second kappa shape index (κ2) is 9.17. The van der Waals surface area contributed by atoms with Gasteiger partial charge in [0.05, 0.1) is 12.1 Å². The van der Waals surface area contributed by atoms with E-state index in [1.807, 2.05) is 6.07 Å². The zero-order chi connectivity index (χ0) is 15.8. The molecule has 1 N–H and O–H groups in total. The third-order valence-electron chi connectivity index (χ3n) is 2.73. The zero-order valence-corrected chi connectivity index (χ0v) is 15.2. The molecule has 0 heterocycles. The Morgan fingerprint density at radius 1 is 1.33 bits per heavy atom. The lowest BCUT2D eigenvalue weighted by Crippen LogP contribution is -2.39. The van der Waals surface area contributed by atoms with Crippen molar-refractivity contribution < 1.29 is 14.3 Å². The fourth-order valence-electron chi connectivity index (χ4n) is 1.65. The number of ether oxygens (including phenoxy) is 1. The molecule has 0 saturated heterocycles. The maximum absolute atomic E-state index is 12.3. The van der Waals surface area contributed by atoms with Gasteiger partial charge in [-0.15, -0.1) is 0 Å². The highest BCUT2D eigenvalue weighted by molar-refractivity contribution is 9.11. The predicted molar refractivity (Wildman–Crippen MR) is 88.3 cm³/mol. The number of likely N-dealkylation sites (N-methyl/N-ethyl adjacent to an activating group) is 1. The molecule has 0 spiro atoms. The van der Waals surface area contributed by atoms with Gasteiger partial charge in [0, 0.05) is 36.3 Å². The van der Waals surface area contributed by atoms with Gasteiger partial charge in [-0.25, -0.2) is 0 Å². The summed E-state index contributed by atoms with van der Waals surface area (Å²) < 4.78 is 6.41. The summed E-state index contributed by atoms with van der Waals surface area (Å²) >= 11 is 6.67. The van der Waals surface area contributed by atoms with Crippen molar-refractivity contribution in [1.29, 1.82) is 0 Å². The Labute approximate surface area is 141 Å². The number of amides is 2. The number of methoxy groups -OCH3 is 1. The van der Waals surface area contributed by atoms with Crippen LogP contribution >= 0.6 is 31.9 Å². The second-order valence-corrected chi connectivity index (χ2v) is 6.25. The van der Waals surface area contributed by atoms with E-state index in [2.05, 4.69) is 37.2 Å². The molecule has 0 aliphatic carbocycles. The number of hydrogen-bond donors (Lipinski definition) is 1. The number of hydrogen-bond acceptors (Lipinski definition) is 3. The molecule has 0 fully saturated rings. The lowest BCUT2D eigenvalue weighted by Gasteiger charge is -2.17. The largest absolute Gasteiger partial charge is 0.385 e. The van der Waals surface area contributed by atoms with Gasteiger partial charge in [0.2, 0.25) is 5.91 Å². The molecule has 1 rings (SSSR count). The summed E-state index contributed by atoms with van der Waals surface area (Å²) in [7, 11) is 3.22. The maximum Gasteiger partial charge on any atom is 0.255 e. The second-order valence-electron chi connectivity index (χ2n) is 4.48. The average molecular weight is 422 g/mol. The molecule has 0 aliphatic heterocycles. The van der Waals surface area contributed by atoms with E-state index in [1.165, 1.54) is 4.90 Å². The Kier molecular flexibility index (Phi) is 7.92. The molecule has 0 aliphatic rings. The normalized spacial score (nSPS) is 10.3. The summed E-state index contributed by atoms with van der Waals surface area (Å²) in [6.07, 6.45) is 0.747. The van der Waals surface area contributed by atoms with Crippen LogP contribution in [0.1, 0.15) is 16.8 Å². The topological polar surface area (TPSA) is 58.6 Å². The minimum atomic E-state index is -0.213. The van der Waals surface area contributed by atoms with E-state index in [0.717, 1.165) is 10.9 Å². The van der Waals surface area contributed by atoms with Crippen LogP contribution in [0, 0.1) is 0 Å². The monoisotopic (exact) mass is 420 g/mol. The Bertz CT molecular complexity index is 509. The van der Waals surface area contributed by atoms with Gasteiger partial charge in [-0.05, 0) is 40.5 Å². The van der Waals surface area contributed by atoms with Crippen LogP contribution in [0.4, 0.5) is 0 Å². The highest BCUT2D eigenvalue weighted by Gasteiger charge is 2.17. The van der Waals surface area contributed by atoms with Gasteiger partial charge in [-0.3, -0.25) is 9.59 Å². The molecule has 0 radical (unpaired) electrons. The van der Waals surface area contributed by atoms with Gasteiger partial charge < -0.3 is 15.0 Å². The smallest absolute Gasteiger partial charge is 0.255 e. The first kappa shape index (κ1) is 18.1. The molecule has 5 nitrogen and oxygen atoms in total. The fourth-order valence-corrected chi connectivity index (χ4v) is 2.43. The summed E-state index contributed by atoms with van der Waals surface area (Å²) in [5.41, 5.74) is 0.513. The van der Waals surface area contributed by atoms with Gasteiger partial charge in [0.25, 0.3) is 5.91 Å². The lowest BCUT2D eigenvalue weighted by atomic mass is 10.2. The lowest BCUT2D eigenvalue weighted by molar-refractivity contribution is -0.121. The molecular weight excluding hydrogens is 404 g/mol. The van der Waals surface area contributed by atoms with E-state index >= 15 is 0 Å². The van der Waals surface area contributed by atoms with Crippen molar-refractivity contribution in [3.63, 3.8) is 0 Å². The number of benzene rings is 1. The van der Waals surface area contributed by atoms with E-state index in [9.17, 15) is 9.59 Å². The first-order valence-electron chi connectivity index (χ1n) is 6.42. The third kappa shape index (κ3) is 6.15. The van der Waals surface area contributed by atoms with Crippen molar-refractivity contribution in [2.75, 3.05) is 33.9 Å². The van der Waals surface area contributed by atoms with Crippen LogP contribution in [0.25, 0.3) is 0 Å². The molecule has 7 heteroatoms. The van der Waals surface area contributed by atoms with Crippen molar-refractivity contribution in [1.82, 2.24) is 10.2 Å². The Balaban J connectivity index is 2.54. The number of carbonyl (C=O) groups is 2. The molecule has 0 bridgehead atoms. The molecule has 0 saturated carbocycles. The van der Waals surface area contributed by atoms with Crippen LogP contribution in [0.2, 0.25) is 0 Å². The Morgan fingerprint density at radius 2 is 2.05 bits per heavy atom. The minimum absolute atomic E-state index is 0.0186. The van der Waals surface area contributed by atoms with Gasteiger partial charge in [-0.2, -0.15) is 0 Å². The van der Waals surface area contributed by atoms with E-state index in [-0.39, 0.29) is 18.4 Å². The van der Waals surface area contributed by atoms with Gasteiger partial charge in [0.15, 0.2) is 0 Å². The van der Waals surface area contributed by atoms with Crippen molar-refractivity contribution in [3.05, 3.63) is 32.7 Å². The van der Waals surface area contributed by atoms with Crippen LogP contribution in [0.15, 0.2) is 27.1 Å². The average Bonchev–Trinajstić information content (AvgIpc) is 2.45. The predicted octanol–water partition coefficient (Wildman–Crippen LogP) is 2.44. The Hall–Kier alpha value is -0.920. The Morgan fingerprint density at radius 3 is 2.71 bits per heavy atom. The summed E-state index contributed by atoms with van der Waals surface area (Å²) in [4.78, 5) is 25.4. The van der Waals surface area contributed by atoms with Crippen molar-refractivity contribution in [3.8, 4) is 0 Å². The van der Waals surface area contributed by atoms with E-state index in [0.29, 0.717) is 23.2 Å². The van der Waals surface area contributed by atoms with Crippen molar-refractivity contribution in [2.45, 2.75) is 6.42 Å². The number of nitrogens with one attached hydrogen (secondary N) is 1. The summed E-state index contributed by atoms with van der Waals surface area (Å²) in [6.45, 7) is 1.15. The number of nitrogens with zero attached hydrogens (tertiary/aromatic N) is 1. The van der Waals surface area contributed by atoms with E-state index in [4.69, 9.17) is 4.74 Å². The quantitative estimate of drug-likeness (QED) is 0.688. The van der Waals surface area contributed by atoms with Crippen LogP contribution in [-0.4, -0.2) is 50.6 Å². The molecule has 0 atom stereocenters. The number of halogens is 2. The standard InChI is InChI=1S/C14H18Br2N2O3/c1-18(9-13(19)17-6-3-7-21-2)14(20)11-8-10(15)4-5-12(11)16/h4-5,8H,3,6-7,9H2,1-2H3,(H,17,19). The summed E-state index contributed by atoms with van der Waals surface area (Å²) in [5, 5.41) is 2.75. The molecule has 0 aromatic heterocycles. The van der Waals surface area contributed by atoms with Gasteiger partial charge in [-0.1, -0.05) is 15.9 Å². The zero-order valence-electron chi connectivity index (χ0n) is 12.0. The molecule has 1 aromatic carbocycles. The number of carbonyl (C=O) groups excluding carboxylic acids is 2. The minimum Gasteiger partial charge on any atom is -0.385 e. The van der Waals surface area contributed by atoms with E-state index < -0.39 is 0 Å². The third-order valence-corrected chi connectivity index (χ3v) is 3.92. The summed E-state index contributed by atoms with van der Waals surface area (Å²) in [6, 6.07) is 5.35. The first-order valence-corrected chi connectivity index (χ1v) is 8.00. The van der Waals surface area contributed by atoms with Crippen LogP contribution in [-0.2, 0) is 9.53 Å². The van der Waals surface area contributed by atoms with Crippen LogP contribution in [0.3, 0.4) is 0 Å². The molecule has 0 unspecified atom stereocenters. The molecule has 2 amide bonds. The molecule has 116 valence electrons. The summed E-state index contributed by atoms with van der Waals surface area (Å²) in [5.74, 6) is -0.400. The van der Waals surface area contributed by atoms with Crippen molar-refractivity contribution >= 4 is 43.7 Å². The SMILES string of the molecule is COCCCNC(=O)CN(C)C(=O)c1cc(Br)ccc1Br. The fraction of sp³-hybridized carbons (Fsp3) is 0.429. The van der Waals surface area contributed by atoms with Crippen molar-refractivity contribution in [2.24, 2.45) is 0 Å². The molecule has 21 heavy (non-hydrogen) atoms. The van der Waals surface area contributed by atoms with Gasteiger partial charge >= 0.3 is 0 Å². The van der Waals surface area contributed by atoms with Gasteiger partial charge in [0.1, 0.15) is 0 Å². The first-order chi connectivity index (χ1) is 9.95. The highest BCUT2D eigenvalue weighted by atomic mass is 79.9. The van der Waals surface area contributed by atoms with Crippen LogP contribution < -0.4 is 5.32 Å².